The zero-order valence-corrected chi connectivity index (χ0v) is 21.8. The van der Waals surface area contributed by atoms with E-state index in [9.17, 15) is 80.9 Å². The normalized spacial score (nSPS) is 11.2. The van der Waals surface area contributed by atoms with E-state index in [-0.39, 0.29) is 0 Å². The van der Waals surface area contributed by atoms with Crippen LogP contribution in [0.2, 0.25) is 0 Å². The fourth-order valence-electron chi connectivity index (χ4n) is 2.97. The summed E-state index contributed by atoms with van der Waals surface area (Å²) in [5.41, 5.74) is 0. The maximum Gasteiger partial charge on any atom is 0.723 e. The fourth-order valence-corrected chi connectivity index (χ4v) is 2.97. The summed E-state index contributed by atoms with van der Waals surface area (Å²) < 4.78 is 8.47. The number of hydrogen-bond donors (Lipinski definition) is 2. The molecule has 38 heteroatoms. The Bertz CT molecular complexity index is 1600. The first kappa shape index (κ1) is 34.1. The first-order valence-electron chi connectivity index (χ1n) is 10.9. The van der Waals surface area contributed by atoms with Gasteiger partial charge in [-0.1, -0.05) is 0 Å². The van der Waals surface area contributed by atoms with Crippen LogP contribution in [0.15, 0.2) is 9.26 Å². The Balaban J connectivity index is 1.88. The summed E-state index contributed by atoms with van der Waals surface area (Å²) >= 11 is 0. The molecule has 0 spiro atoms. The minimum absolute atomic E-state index is 0.546. The van der Waals surface area contributed by atoms with Crippen LogP contribution in [0.3, 0.4) is 0 Å². The number of aromatic nitrogens is 8. The molecule has 0 unspecified atom stereocenters. The second-order valence-corrected chi connectivity index (χ2v) is 7.85. The monoisotopic (exact) mass is 694 g/mol. The predicted molar refractivity (Wildman–Crippen MR) is 129 cm³/mol. The van der Waals surface area contributed by atoms with Crippen molar-refractivity contribution in [2.24, 2.45) is 0 Å². The number of nitrogens with zero attached hydrogens (tertiary/aromatic N) is 18. The van der Waals surface area contributed by atoms with Crippen LogP contribution in [0.5, 0.6) is 0 Å². The van der Waals surface area contributed by atoms with E-state index in [0.29, 0.717) is 0 Å². The van der Waals surface area contributed by atoms with E-state index in [4.69, 9.17) is 0 Å². The number of rotatable bonds is 18. The van der Waals surface area contributed by atoms with Crippen LogP contribution in [0.1, 0.15) is 0 Å². The first-order chi connectivity index (χ1) is 22.4. The van der Waals surface area contributed by atoms with Gasteiger partial charge in [-0.05, 0) is 30.6 Å². The molecule has 0 saturated carbocycles. The predicted octanol–water partition coefficient (Wildman–Crippen LogP) is -3.52. The molecule has 0 saturated heterocycles. The highest BCUT2D eigenvalue weighted by Crippen LogP contribution is 2.28. The highest BCUT2D eigenvalue weighted by Gasteiger charge is 2.75. The molecule has 3 aromatic rings. The first-order valence-corrected chi connectivity index (χ1v) is 10.9. The van der Waals surface area contributed by atoms with E-state index in [0.717, 1.165) is 0 Å². The molecule has 0 aliphatic heterocycles. The van der Waals surface area contributed by atoms with Crippen molar-refractivity contribution in [2.45, 2.75) is 11.6 Å². The summed E-state index contributed by atoms with van der Waals surface area (Å²) in [5.74, 6) is -14.7. The lowest BCUT2D eigenvalue weighted by Crippen LogP contribution is -2.61. The lowest BCUT2D eigenvalue weighted by atomic mass is 10.3. The lowest BCUT2D eigenvalue weighted by molar-refractivity contribution is -0.968. The lowest BCUT2D eigenvalue weighted by Gasteiger charge is -2.14. The molecule has 0 atom stereocenters. The van der Waals surface area contributed by atoms with Gasteiger partial charge in [-0.15, -0.1) is 20.4 Å². The van der Waals surface area contributed by atoms with E-state index >= 15 is 0 Å². The van der Waals surface area contributed by atoms with Crippen molar-refractivity contribution in [1.29, 1.82) is 0 Å². The molecule has 2 N–H and O–H groups in total. The van der Waals surface area contributed by atoms with Crippen LogP contribution < -0.4 is 20.7 Å². The van der Waals surface area contributed by atoms with Crippen molar-refractivity contribution in [3.8, 4) is 0 Å². The second-order valence-electron chi connectivity index (χ2n) is 7.85. The van der Waals surface area contributed by atoms with Crippen LogP contribution in [0.4, 0.5) is 35.2 Å². The van der Waals surface area contributed by atoms with Gasteiger partial charge in [0.15, 0.2) is 39.6 Å². The Morgan fingerprint density at radius 3 is 1.00 bits per heavy atom. The minimum Gasteiger partial charge on any atom is -0.300 e. The summed E-state index contributed by atoms with van der Waals surface area (Å²) in [6, 6.07) is 0. The van der Waals surface area contributed by atoms with E-state index in [1.54, 1.807) is 0 Å². The molecule has 3 rings (SSSR count). The maximum absolute atomic E-state index is 11.5. The Morgan fingerprint density at radius 2 is 0.771 bits per heavy atom. The van der Waals surface area contributed by atoms with E-state index in [2.05, 4.69) is 50.3 Å². The smallest absolute Gasteiger partial charge is 0.300 e. The van der Waals surface area contributed by atoms with Crippen molar-refractivity contribution in [3.05, 3.63) is 80.9 Å². The minimum atomic E-state index is -4.38. The van der Waals surface area contributed by atoms with Crippen LogP contribution in [0.25, 0.3) is 0 Å². The number of hydrogen-bond acceptors (Lipinski definition) is 28. The zero-order chi connectivity index (χ0) is 36.1. The number of nitro groups is 8. The van der Waals surface area contributed by atoms with Crippen molar-refractivity contribution < 1.29 is 48.9 Å². The van der Waals surface area contributed by atoms with Crippen molar-refractivity contribution in [2.75, 3.05) is 33.7 Å². The fraction of sp³-hybridized carbons (Fsp3) is 0.400. The Morgan fingerprint density at radius 1 is 0.500 bits per heavy atom. The Kier molecular flexibility index (Phi) is 9.02. The summed E-state index contributed by atoms with van der Waals surface area (Å²) in [5, 5.41) is 116. The second kappa shape index (κ2) is 12.7. The van der Waals surface area contributed by atoms with E-state index < -0.39 is 109 Å². The molecule has 254 valence electrons. The molecular weight excluding hydrogens is 688 g/mol. The largest absolute Gasteiger partial charge is 0.723 e. The van der Waals surface area contributed by atoms with Gasteiger partial charge in [-0.3, -0.25) is 71.3 Å². The molecule has 0 aliphatic rings. The van der Waals surface area contributed by atoms with Gasteiger partial charge in [0, 0.05) is 0 Å². The summed E-state index contributed by atoms with van der Waals surface area (Å²) in [6.07, 6.45) is 0. The molecule has 3 aromatic heterocycles. The average Bonchev–Trinajstić information content (AvgIpc) is 3.63. The Hall–Kier alpha value is -8.38. The van der Waals surface area contributed by atoms with Gasteiger partial charge in [-0.25, -0.2) is 29.5 Å². The molecule has 0 amide bonds. The molecule has 3 heterocycles. The average molecular weight is 694 g/mol. The van der Waals surface area contributed by atoms with Crippen molar-refractivity contribution in [1.82, 2.24) is 41.0 Å². The van der Waals surface area contributed by atoms with Gasteiger partial charge < -0.3 is 0 Å². The third-order valence-electron chi connectivity index (χ3n) is 5.24. The van der Waals surface area contributed by atoms with Gasteiger partial charge in [0.1, 0.15) is 0 Å². The van der Waals surface area contributed by atoms with Crippen molar-refractivity contribution in [3.63, 3.8) is 0 Å². The van der Waals surface area contributed by atoms with Gasteiger partial charge in [0.05, 0.1) is 0 Å². The molecular formula is C10H6N20O18. The van der Waals surface area contributed by atoms with Crippen LogP contribution in [0, 0.1) is 80.9 Å². The van der Waals surface area contributed by atoms with E-state index in [1.165, 1.54) is 0 Å². The maximum atomic E-state index is 11.5. The third kappa shape index (κ3) is 6.01. The highest BCUT2D eigenvalue weighted by molar-refractivity contribution is 5.64. The van der Waals surface area contributed by atoms with Gasteiger partial charge in [0.2, 0.25) is 11.6 Å². The van der Waals surface area contributed by atoms with Crippen molar-refractivity contribution >= 4 is 35.2 Å². The molecule has 48 heavy (non-hydrogen) atoms. The van der Waals surface area contributed by atoms with Gasteiger partial charge >= 0.3 is 24.7 Å². The standard InChI is InChI=1S/C10H6N20O18/c31-23(32)9(24(33)34,25(35)36)1-21(29(43)44)5-3(17-47-19-5)11-7-13-15-8(16-14-7)12-4-6(20-48-18-4)22(30(45)46)2-10(26(37)38,27(39)40)28(41)42/h1-2H2,(H,11,13,14,17)(H,12,15,16,18). The molecule has 0 aromatic carbocycles. The number of anilines is 6. The molecule has 0 radical (unpaired) electrons. The zero-order valence-electron chi connectivity index (χ0n) is 21.8. The molecule has 38 nitrogen and oxygen atoms in total. The van der Waals surface area contributed by atoms with Crippen LogP contribution in [-0.4, -0.2) is 105 Å². The van der Waals surface area contributed by atoms with Gasteiger partial charge in [0.25, 0.3) is 23.5 Å². The van der Waals surface area contributed by atoms with Crippen LogP contribution in [-0.2, 0) is 0 Å². The molecule has 0 fully saturated rings. The number of hydrazine groups is 2. The summed E-state index contributed by atoms with van der Waals surface area (Å²) in [4.78, 5) is 78.2. The SMILES string of the molecule is O=[N+]([O-])N(CC([N+](=O)[O-])([N+](=O)[O-])[N+](=O)[O-])c1nonc1Nc1nnc(Nc2nonc2N(CC([N+](=O)[O-])([N+](=O)[O-])[N+](=O)[O-])[N+](=O)[O-])nn1. The highest BCUT2D eigenvalue weighted by atomic mass is 16.8. The van der Waals surface area contributed by atoms with Gasteiger partial charge in [-0.2, -0.15) is 0 Å². The summed E-state index contributed by atoms with van der Waals surface area (Å²) in [7, 11) is 0. The Labute approximate surface area is 252 Å². The number of nitrogens with one attached hydrogen (secondary N) is 2. The topological polar surface area (TPSA) is 505 Å². The quantitative estimate of drug-likeness (QED) is 0.0740. The van der Waals surface area contributed by atoms with Crippen LogP contribution >= 0.6 is 0 Å². The molecule has 0 aliphatic carbocycles. The summed E-state index contributed by atoms with van der Waals surface area (Å²) in [6.45, 7) is -4.34. The van der Waals surface area contributed by atoms with E-state index in [1.807, 2.05) is 10.6 Å². The third-order valence-corrected chi connectivity index (χ3v) is 5.24. The molecule has 0 bridgehead atoms.